The van der Waals surface area contributed by atoms with Crippen LogP contribution < -0.4 is 4.72 Å². The first-order chi connectivity index (χ1) is 7.78. The summed E-state index contributed by atoms with van der Waals surface area (Å²) in [5.41, 5.74) is 0. The molecule has 1 N–H and O–H groups in total. The molecule has 1 aromatic rings. The Morgan fingerprint density at radius 1 is 1.41 bits per heavy atom. The number of aryl methyl sites for hydroxylation is 1. The Bertz CT molecular complexity index is 614. The van der Waals surface area contributed by atoms with Gasteiger partial charge in [0.2, 0.25) is 10.0 Å². The lowest BCUT2D eigenvalue weighted by Gasteiger charge is -2.09. The molecule has 0 bridgehead atoms. The van der Waals surface area contributed by atoms with E-state index in [-0.39, 0.29) is 15.7 Å². The van der Waals surface area contributed by atoms with Crippen molar-refractivity contribution in [3.05, 3.63) is 17.0 Å². The summed E-state index contributed by atoms with van der Waals surface area (Å²) in [4.78, 5) is 0.907. The third kappa shape index (κ3) is 3.06. The van der Waals surface area contributed by atoms with E-state index >= 15 is 0 Å². The van der Waals surface area contributed by atoms with Crippen molar-refractivity contribution in [2.75, 3.05) is 11.5 Å². The van der Waals surface area contributed by atoms with Gasteiger partial charge in [-0.25, -0.2) is 21.6 Å². The first-order valence-corrected chi connectivity index (χ1v) is 9.20. The number of hydrogen-bond acceptors (Lipinski definition) is 5. The molecule has 0 radical (unpaired) electrons. The molecule has 2 rings (SSSR count). The van der Waals surface area contributed by atoms with Crippen LogP contribution in [0.2, 0.25) is 0 Å². The second-order valence-electron chi connectivity index (χ2n) is 4.09. The van der Waals surface area contributed by atoms with E-state index in [0.29, 0.717) is 6.42 Å². The normalized spacial score (nSPS) is 23.9. The molecule has 0 aliphatic carbocycles. The van der Waals surface area contributed by atoms with Crippen molar-refractivity contribution >= 4 is 31.2 Å². The molecule has 1 unspecified atom stereocenters. The Kier molecular flexibility index (Phi) is 3.32. The van der Waals surface area contributed by atoms with Crippen LogP contribution in [-0.2, 0) is 19.9 Å². The Balaban J connectivity index is 2.14. The topological polar surface area (TPSA) is 80.3 Å². The van der Waals surface area contributed by atoms with Crippen LogP contribution >= 0.6 is 11.3 Å². The number of nitrogens with one attached hydrogen (secondary N) is 1. The predicted molar refractivity (Wildman–Crippen MR) is 66.4 cm³/mol. The van der Waals surface area contributed by atoms with E-state index in [0.717, 1.165) is 4.88 Å². The Labute approximate surface area is 105 Å². The van der Waals surface area contributed by atoms with E-state index < -0.39 is 25.9 Å². The first kappa shape index (κ1) is 13.0. The van der Waals surface area contributed by atoms with Crippen LogP contribution in [-0.4, -0.2) is 34.4 Å². The van der Waals surface area contributed by atoms with E-state index in [1.807, 2.05) is 6.92 Å². The van der Waals surface area contributed by atoms with Gasteiger partial charge in [0.1, 0.15) is 4.21 Å². The summed E-state index contributed by atoms with van der Waals surface area (Å²) in [6.07, 6.45) is 0.353. The summed E-state index contributed by atoms with van der Waals surface area (Å²) < 4.78 is 49.0. The Morgan fingerprint density at radius 3 is 2.59 bits per heavy atom. The molecule has 0 aromatic carbocycles. The molecule has 0 saturated carbocycles. The second-order valence-corrected chi connectivity index (χ2v) is 9.54. The molecule has 2 heterocycles. The van der Waals surface area contributed by atoms with E-state index in [1.165, 1.54) is 17.4 Å². The summed E-state index contributed by atoms with van der Waals surface area (Å²) >= 11 is 1.18. The van der Waals surface area contributed by atoms with Gasteiger partial charge in [-0.3, -0.25) is 0 Å². The minimum absolute atomic E-state index is 0.0592. The molecular formula is C9H13NO4S3. The summed E-state index contributed by atoms with van der Waals surface area (Å²) in [5.74, 6) is -0.0414. The zero-order chi connectivity index (χ0) is 12.7. The zero-order valence-electron chi connectivity index (χ0n) is 9.21. The Hall–Kier alpha value is -0.440. The standard InChI is InChI=1S/C9H13NO4S3/c1-7-2-3-9(15-7)17(13,14)10-8-4-5-16(11,12)6-8/h2-3,8,10H,4-6H2,1H3. The lowest BCUT2D eigenvalue weighted by molar-refractivity contribution is 0.564. The predicted octanol–water partition coefficient (Wildman–Crippen LogP) is 0.522. The molecule has 1 fully saturated rings. The fraction of sp³-hybridized carbons (Fsp3) is 0.556. The highest BCUT2D eigenvalue weighted by molar-refractivity contribution is 7.92. The molecule has 0 spiro atoms. The zero-order valence-corrected chi connectivity index (χ0v) is 11.7. The van der Waals surface area contributed by atoms with Crippen LogP contribution in [0.4, 0.5) is 0 Å². The maximum atomic E-state index is 11.9. The smallest absolute Gasteiger partial charge is 0.229 e. The molecule has 96 valence electrons. The lowest BCUT2D eigenvalue weighted by atomic mass is 10.3. The number of thiophene rings is 1. The average Bonchev–Trinajstić information content (AvgIpc) is 2.72. The minimum atomic E-state index is -3.57. The largest absolute Gasteiger partial charge is 0.250 e. The summed E-state index contributed by atoms with van der Waals surface area (Å²) in [6.45, 7) is 1.82. The average molecular weight is 295 g/mol. The van der Waals surface area contributed by atoms with E-state index in [9.17, 15) is 16.8 Å². The van der Waals surface area contributed by atoms with Crippen LogP contribution in [0.15, 0.2) is 16.3 Å². The van der Waals surface area contributed by atoms with Crippen LogP contribution in [0.1, 0.15) is 11.3 Å². The van der Waals surface area contributed by atoms with Gasteiger partial charge in [0, 0.05) is 10.9 Å². The Morgan fingerprint density at radius 2 is 2.12 bits per heavy atom. The molecular weight excluding hydrogens is 282 g/mol. The fourth-order valence-electron chi connectivity index (χ4n) is 1.72. The SMILES string of the molecule is Cc1ccc(S(=O)(=O)NC2CCS(=O)(=O)C2)s1. The van der Waals surface area contributed by atoms with E-state index in [1.54, 1.807) is 6.07 Å². The highest BCUT2D eigenvalue weighted by atomic mass is 32.2. The lowest BCUT2D eigenvalue weighted by Crippen LogP contribution is -2.35. The van der Waals surface area contributed by atoms with E-state index in [2.05, 4.69) is 4.72 Å². The van der Waals surface area contributed by atoms with Crippen molar-refractivity contribution in [2.45, 2.75) is 23.6 Å². The van der Waals surface area contributed by atoms with Crippen LogP contribution in [0.3, 0.4) is 0 Å². The van der Waals surface area contributed by atoms with Gasteiger partial charge in [-0.2, -0.15) is 0 Å². The van der Waals surface area contributed by atoms with Gasteiger partial charge in [0.05, 0.1) is 11.5 Å². The van der Waals surface area contributed by atoms with Gasteiger partial charge >= 0.3 is 0 Å². The van der Waals surface area contributed by atoms with Crippen LogP contribution in [0.25, 0.3) is 0 Å². The van der Waals surface area contributed by atoms with Crippen molar-refractivity contribution in [1.82, 2.24) is 4.72 Å². The molecule has 0 amide bonds. The van der Waals surface area contributed by atoms with E-state index in [4.69, 9.17) is 0 Å². The highest BCUT2D eigenvalue weighted by Crippen LogP contribution is 2.22. The van der Waals surface area contributed by atoms with Gasteiger partial charge in [-0.1, -0.05) is 0 Å². The van der Waals surface area contributed by atoms with Gasteiger partial charge in [0.15, 0.2) is 9.84 Å². The fourth-order valence-corrected chi connectivity index (χ4v) is 6.07. The molecule has 1 saturated heterocycles. The van der Waals surface area contributed by atoms with Gasteiger partial charge in [0.25, 0.3) is 0 Å². The monoisotopic (exact) mass is 295 g/mol. The quantitative estimate of drug-likeness (QED) is 0.881. The number of sulfone groups is 1. The molecule has 1 atom stereocenters. The van der Waals surface area contributed by atoms with Crippen molar-refractivity contribution in [3.8, 4) is 0 Å². The van der Waals surface area contributed by atoms with Crippen LogP contribution in [0, 0.1) is 6.92 Å². The minimum Gasteiger partial charge on any atom is -0.229 e. The molecule has 1 aliphatic heterocycles. The van der Waals surface area contributed by atoms with Crippen LogP contribution in [0.5, 0.6) is 0 Å². The van der Waals surface area contributed by atoms with Gasteiger partial charge in [-0.05, 0) is 25.5 Å². The molecule has 1 aromatic heterocycles. The van der Waals surface area contributed by atoms with Crippen molar-refractivity contribution in [1.29, 1.82) is 0 Å². The molecule has 5 nitrogen and oxygen atoms in total. The van der Waals surface area contributed by atoms with Crippen molar-refractivity contribution < 1.29 is 16.8 Å². The maximum Gasteiger partial charge on any atom is 0.250 e. The van der Waals surface area contributed by atoms with Crippen molar-refractivity contribution in [2.24, 2.45) is 0 Å². The first-order valence-electron chi connectivity index (χ1n) is 5.08. The van der Waals surface area contributed by atoms with Crippen molar-refractivity contribution in [3.63, 3.8) is 0 Å². The molecule has 17 heavy (non-hydrogen) atoms. The maximum absolute atomic E-state index is 11.9. The third-order valence-electron chi connectivity index (χ3n) is 2.53. The number of sulfonamides is 1. The van der Waals surface area contributed by atoms with Gasteiger partial charge in [-0.15, -0.1) is 11.3 Å². The number of hydrogen-bond donors (Lipinski definition) is 1. The number of rotatable bonds is 3. The van der Waals surface area contributed by atoms with Gasteiger partial charge < -0.3 is 0 Å². The molecule has 8 heteroatoms. The summed E-state index contributed by atoms with van der Waals surface area (Å²) in [7, 11) is -6.64. The highest BCUT2D eigenvalue weighted by Gasteiger charge is 2.31. The summed E-state index contributed by atoms with van der Waals surface area (Å²) in [5, 5.41) is 0. The third-order valence-corrected chi connectivity index (χ3v) is 7.32. The molecule has 1 aliphatic rings. The second kappa shape index (κ2) is 4.34. The summed E-state index contributed by atoms with van der Waals surface area (Å²) in [6, 6.07) is 2.77.